The molecule has 6 heteroatoms. The number of benzene rings is 3. The zero-order valence-electron chi connectivity index (χ0n) is 14.3. The summed E-state index contributed by atoms with van der Waals surface area (Å²) in [5.74, 6) is 0. The SMILES string of the molecule is O=c1ccc(S(=O)(=O)c2ccccc2Cc2ccc3ccccc3c2)n[nH]1. The fourth-order valence-corrected chi connectivity index (χ4v) is 4.46. The van der Waals surface area contributed by atoms with E-state index in [1.807, 2.05) is 42.5 Å². The minimum atomic E-state index is -3.83. The van der Waals surface area contributed by atoms with Gasteiger partial charge in [-0.25, -0.2) is 13.5 Å². The summed E-state index contributed by atoms with van der Waals surface area (Å²) in [6.45, 7) is 0. The predicted octanol–water partition coefficient (Wildman–Crippen LogP) is 3.35. The van der Waals surface area contributed by atoms with Gasteiger partial charge >= 0.3 is 0 Å². The lowest BCUT2D eigenvalue weighted by atomic mass is 10.0. The molecule has 1 heterocycles. The highest BCUT2D eigenvalue weighted by Crippen LogP contribution is 2.25. The molecule has 0 aliphatic heterocycles. The third kappa shape index (κ3) is 3.39. The van der Waals surface area contributed by atoms with Crippen LogP contribution in [0, 0.1) is 0 Å². The molecule has 4 aromatic rings. The average molecular weight is 376 g/mol. The van der Waals surface area contributed by atoms with Gasteiger partial charge in [0.1, 0.15) is 0 Å². The Morgan fingerprint density at radius 1 is 0.815 bits per heavy atom. The smallest absolute Gasteiger partial charge is 0.264 e. The van der Waals surface area contributed by atoms with E-state index in [1.54, 1.807) is 18.2 Å². The molecule has 0 radical (unpaired) electrons. The second kappa shape index (κ2) is 6.81. The second-order valence-electron chi connectivity index (χ2n) is 6.23. The molecule has 1 N–H and O–H groups in total. The van der Waals surface area contributed by atoms with Crippen LogP contribution in [0.5, 0.6) is 0 Å². The molecule has 5 nitrogen and oxygen atoms in total. The Bertz CT molecular complexity index is 1270. The van der Waals surface area contributed by atoms with Crippen LogP contribution in [-0.2, 0) is 16.3 Å². The van der Waals surface area contributed by atoms with Crippen molar-refractivity contribution in [2.45, 2.75) is 16.3 Å². The van der Waals surface area contributed by atoms with Crippen molar-refractivity contribution in [2.75, 3.05) is 0 Å². The van der Waals surface area contributed by atoms with Crippen LogP contribution in [0.2, 0.25) is 0 Å². The van der Waals surface area contributed by atoms with Crippen molar-refractivity contribution in [2.24, 2.45) is 0 Å². The van der Waals surface area contributed by atoms with E-state index < -0.39 is 15.4 Å². The summed E-state index contributed by atoms with van der Waals surface area (Å²) in [5, 5.41) is 7.94. The molecule has 3 aromatic carbocycles. The Labute approximate surface area is 156 Å². The van der Waals surface area contributed by atoms with E-state index in [9.17, 15) is 13.2 Å². The van der Waals surface area contributed by atoms with E-state index in [2.05, 4.69) is 16.3 Å². The van der Waals surface area contributed by atoms with E-state index in [0.717, 1.165) is 22.4 Å². The average Bonchev–Trinajstić information content (AvgIpc) is 2.68. The summed E-state index contributed by atoms with van der Waals surface area (Å²) in [5.41, 5.74) is 1.25. The number of fused-ring (bicyclic) bond motifs is 1. The molecule has 0 aliphatic carbocycles. The predicted molar refractivity (Wildman–Crippen MR) is 104 cm³/mol. The number of H-pyrrole nitrogens is 1. The fourth-order valence-electron chi connectivity index (χ4n) is 3.07. The summed E-state index contributed by atoms with van der Waals surface area (Å²) in [6.07, 6.45) is 0.476. The van der Waals surface area contributed by atoms with Gasteiger partial charge in [0.15, 0.2) is 5.03 Å². The summed E-state index contributed by atoms with van der Waals surface area (Å²) in [4.78, 5) is 11.4. The van der Waals surface area contributed by atoms with Crippen LogP contribution in [0.25, 0.3) is 10.8 Å². The highest BCUT2D eigenvalue weighted by Gasteiger charge is 2.22. The van der Waals surface area contributed by atoms with Gasteiger partial charge < -0.3 is 0 Å². The number of hydrogen-bond donors (Lipinski definition) is 1. The number of hydrogen-bond acceptors (Lipinski definition) is 4. The summed E-state index contributed by atoms with van der Waals surface area (Å²) < 4.78 is 26.0. The molecule has 4 rings (SSSR count). The van der Waals surface area contributed by atoms with Crippen molar-refractivity contribution >= 4 is 20.6 Å². The third-order valence-corrected chi connectivity index (χ3v) is 6.15. The molecule has 0 bridgehead atoms. The van der Waals surface area contributed by atoms with Crippen molar-refractivity contribution in [3.8, 4) is 0 Å². The zero-order chi connectivity index (χ0) is 18.9. The van der Waals surface area contributed by atoms with Crippen LogP contribution in [0.1, 0.15) is 11.1 Å². The number of aromatic amines is 1. The van der Waals surface area contributed by atoms with E-state index >= 15 is 0 Å². The molecule has 0 spiro atoms. The molecule has 134 valence electrons. The van der Waals surface area contributed by atoms with Crippen LogP contribution in [-0.4, -0.2) is 18.6 Å². The summed E-state index contributed by atoms with van der Waals surface area (Å²) >= 11 is 0. The monoisotopic (exact) mass is 376 g/mol. The van der Waals surface area contributed by atoms with Crippen LogP contribution in [0.3, 0.4) is 0 Å². The largest absolute Gasteiger partial charge is 0.268 e. The lowest BCUT2D eigenvalue weighted by Crippen LogP contribution is -2.13. The molecule has 1 aromatic heterocycles. The highest BCUT2D eigenvalue weighted by molar-refractivity contribution is 7.91. The normalized spacial score (nSPS) is 11.6. The van der Waals surface area contributed by atoms with Gasteiger partial charge in [-0.3, -0.25) is 4.79 Å². The van der Waals surface area contributed by atoms with Crippen LogP contribution in [0.15, 0.2) is 93.6 Å². The molecule has 0 fully saturated rings. The van der Waals surface area contributed by atoms with Crippen molar-refractivity contribution in [1.29, 1.82) is 0 Å². The van der Waals surface area contributed by atoms with Crippen molar-refractivity contribution in [3.05, 3.63) is 100 Å². The van der Waals surface area contributed by atoms with E-state index in [1.165, 1.54) is 6.07 Å². The number of sulfone groups is 1. The van der Waals surface area contributed by atoms with Crippen LogP contribution >= 0.6 is 0 Å². The number of nitrogens with zero attached hydrogens (tertiary/aromatic N) is 1. The van der Waals surface area contributed by atoms with Gasteiger partial charge in [-0.05, 0) is 40.5 Å². The van der Waals surface area contributed by atoms with Gasteiger partial charge in [0, 0.05) is 6.07 Å². The highest BCUT2D eigenvalue weighted by atomic mass is 32.2. The van der Waals surface area contributed by atoms with Gasteiger partial charge in [-0.15, -0.1) is 0 Å². The maximum atomic E-state index is 13.0. The molecule has 0 saturated carbocycles. The lowest BCUT2D eigenvalue weighted by molar-refractivity contribution is 0.588. The molecular weight excluding hydrogens is 360 g/mol. The molecular formula is C21H16N2O3S. The molecule has 0 unspecified atom stereocenters. The van der Waals surface area contributed by atoms with Gasteiger partial charge in [0.2, 0.25) is 9.84 Å². The summed E-state index contributed by atoms with van der Waals surface area (Å²) in [6, 6.07) is 23.4. The Balaban J connectivity index is 1.76. The second-order valence-corrected chi connectivity index (χ2v) is 8.09. The Morgan fingerprint density at radius 3 is 2.33 bits per heavy atom. The van der Waals surface area contributed by atoms with Crippen molar-refractivity contribution in [3.63, 3.8) is 0 Å². The molecule has 0 amide bonds. The van der Waals surface area contributed by atoms with Gasteiger partial charge in [0.05, 0.1) is 4.90 Å². The first-order valence-corrected chi connectivity index (χ1v) is 9.89. The third-order valence-electron chi connectivity index (χ3n) is 4.40. The molecule has 27 heavy (non-hydrogen) atoms. The quantitative estimate of drug-likeness (QED) is 0.592. The maximum Gasteiger partial charge on any atom is 0.264 e. The minimum Gasteiger partial charge on any atom is -0.268 e. The first-order chi connectivity index (χ1) is 13.0. The standard InChI is InChI=1S/C21H16N2O3S/c24-20-11-12-21(23-22-20)27(25,26)19-8-4-3-7-18(19)14-15-9-10-16-5-1-2-6-17(16)13-15/h1-13H,14H2,(H,22,24). The summed E-state index contributed by atoms with van der Waals surface area (Å²) in [7, 11) is -3.83. The van der Waals surface area contributed by atoms with E-state index in [-0.39, 0.29) is 9.92 Å². The first-order valence-electron chi connectivity index (χ1n) is 8.40. The number of aromatic nitrogens is 2. The Kier molecular flexibility index (Phi) is 4.33. The minimum absolute atomic E-state index is 0.173. The lowest BCUT2D eigenvalue weighted by Gasteiger charge is -2.10. The van der Waals surface area contributed by atoms with Gasteiger partial charge in [0.25, 0.3) is 5.56 Å². The maximum absolute atomic E-state index is 13.0. The van der Waals surface area contributed by atoms with E-state index in [0.29, 0.717) is 12.0 Å². The van der Waals surface area contributed by atoms with E-state index in [4.69, 9.17) is 0 Å². The topological polar surface area (TPSA) is 79.9 Å². The van der Waals surface area contributed by atoms with Crippen LogP contribution in [0.4, 0.5) is 0 Å². The Morgan fingerprint density at radius 2 is 1.56 bits per heavy atom. The fraction of sp³-hybridized carbons (Fsp3) is 0.0476. The number of rotatable bonds is 4. The molecule has 0 saturated heterocycles. The van der Waals surface area contributed by atoms with Gasteiger partial charge in [-0.2, -0.15) is 5.10 Å². The zero-order valence-corrected chi connectivity index (χ0v) is 15.1. The van der Waals surface area contributed by atoms with Crippen molar-refractivity contribution in [1.82, 2.24) is 10.2 Å². The molecule has 0 atom stereocenters. The Hall–Kier alpha value is -3.25. The van der Waals surface area contributed by atoms with Crippen LogP contribution < -0.4 is 5.56 Å². The number of nitrogens with one attached hydrogen (secondary N) is 1. The first kappa shape index (κ1) is 17.2. The van der Waals surface area contributed by atoms with Crippen molar-refractivity contribution < 1.29 is 8.42 Å². The van der Waals surface area contributed by atoms with Gasteiger partial charge in [-0.1, -0.05) is 60.7 Å². The molecule has 0 aliphatic rings.